The number of carboxylic acid groups (broad SMARTS) is 1. The van der Waals surface area contributed by atoms with E-state index in [9.17, 15) is 9.59 Å². The van der Waals surface area contributed by atoms with Crippen molar-refractivity contribution in [3.05, 3.63) is 100 Å². The van der Waals surface area contributed by atoms with Crippen LogP contribution in [0.5, 0.6) is 5.75 Å². The lowest BCUT2D eigenvalue weighted by Gasteiger charge is -2.10. The predicted molar refractivity (Wildman–Crippen MR) is 148 cm³/mol. The molecule has 0 aliphatic rings. The summed E-state index contributed by atoms with van der Waals surface area (Å²) in [4.78, 5) is 24.5. The standard InChI is InChI=1S/C29H29N7O4/c1-2-3-12-26-32-36(18-22-8-4-7-11-25(22)40-19-27(37)38)29(39)35(26)17-20-13-15-21(16-14-20)23-9-5-6-10-24(23)28-30-33-34-31-28/h4-11,13-16H,2-3,12,17-19H2,1H3,(H,37,38)(H,30,31,33,34). The number of nitrogens with one attached hydrogen (secondary N) is 1. The summed E-state index contributed by atoms with van der Waals surface area (Å²) in [6.45, 7) is 2.19. The number of para-hydroxylation sites is 1. The molecule has 0 amide bonds. The number of benzene rings is 3. The van der Waals surface area contributed by atoms with Gasteiger partial charge in [-0.1, -0.05) is 80.1 Å². The molecule has 5 aromatic rings. The Balaban J connectivity index is 1.41. The number of H-pyrrole nitrogens is 1. The second-order valence-corrected chi connectivity index (χ2v) is 9.31. The maximum atomic E-state index is 13.5. The van der Waals surface area contributed by atoms with Gasteiger partial charge in [0.1, 0.15) is 11.6 Å². The molecule has 0 saturated heterocycles. The van der Waals surface area contributed by atoms with Crippen molar-refractivity contribution in [1.29, 1.82) is 0 Å². The van der Waals surface area contributed by atoms with Crippen LogP contribution in [0.2, 0.25) is 0 Å². The van der Waals surface area contributed by atoms with Crippen LogP contribution >= 0.6 is 0 Å². The summed E-state index contributed by atoms with van der Waals surface area (Å²) in [5, 5.41) is 28.1. The van der Waals surface area contributed by atoms with Gasteiger partial charge in [0, 0.05) is 17.5 Å². The monoisotopic (exact) mass is 539 g/mol. The molecule has 2 aromatic heterocycles. The minimum atomic E-state index is -1.07. The van der Waals surface area contributed by atoms with Crippen molar-refractivity contribution in [3.63, 3.8) is 0 Å². The van der Waals surface area contributed by atoms with Crippen LogP contribution in [0, 0.1) is 0 Å². The molecule has 0 fully saturated rings. The molecule has 11 nitrogen and oxygen atoms in total. The Hall–Kier alpha value is -5.06. The number of carboxylic acids is 1. The molecule has 5 rings (SSSR count). The van der Waals surface area contributed by atoms with Gasteiger partial charge in [0.15, 0.2) is 6.61 Å². The average molecular weight is 540 g/mol. The highest BCUT2D eigenvalue weighted by Gasteiger charge is 2.16. The van der Waals surface area contributed by atoms with E-state index in [-0.39, 0.29) is 12.2 Å². The third kappa shape index (κ3) is 5.98. The van der Waals surface area contributed by atoms with Crippen LogP contribution in [0.25, 0.3) is 22.5 Å². The van der Waals surface area contributed by atoms with E-state index < -0.39 is 12.6 Å². The zero-order valence-electron chi connectivity index (χ0n) is 22.0. The van der Waals surface area contributed by atoms with Gasteiger partial charge >= 0.3 is 11.7 Å². The Kier molecular flexibility index (Phi) is 8.10. The highest BCUT2D eigenvalue weighted by Crippen LogP contribution is 2.29. The maximum absolute atomic E-state index is 13.5. The Bertz CT molecular complexity index is 1640. The zero-order valence-corrected chi connectivity index (χ0v) is 22.0. The number of rotatable bonds is 12. The number of aliphatic carboxylic acids is 1. The van der Waals surface area contributed by atoms with Crippen molar-refractivity contribution in [2.24, 2.45) is 0 Å². The SMILES string of the molecule is CCCCc1nn(Cc2ccccc2OCC(=O)O)c(=O)n1Cc1ccc(-c2ccccc2-c2nn[nH]n2)cc1. The maximum Gasteiger partial charge on any atom is 0.346 e. The van der Waals surface area contributed by atoms with E-state index in [0.29, 0.717) is 35.9 Å². The van der Waals surface area contributed by atoms with Crippen LogP contribution in [-0.2, 0) is 24.3 Å². The van der Waals surface area contributed by atoms with E-state index in [0.717, 1.165) is 35.1 Å². The lowest BCUT2D eigenvalue weighted by Crippen LogP contribution is -2.26. The van der Waals surface area contributed by atoms with Gasteiger partial charge in [-0.25, -0.2) is 14.3 Å². The van der Waals surface area contributed by atoms with Crippen molar-refractivity contribution in [2.75, 3.05) is 6.61 Å². The normalized spacial score (nSPS) is 11.0. The number of hydrogen-bond acceptors (Lipinski definition) is 7. The van der Waals surface area contributed by atoms with Crippen molar-refractivity contribution in [1.82, 2.24) is 35.0 Å². The highest BCUT2D eigenvalue weighted by atomic mass is 16.5. The first kappa shape index (κ1) is 26.5. The number of carbonyl (C=O) groups is 1. The van der Waals surface area contributed by atoms with Crippen LogP contribution in [0.3, 0.4) is 0 Å². The number of aryl methyl sites for hydroxylation is 1. The van der Waals surface area contributed by atoms with Crippen molar-refractivity contribution >= 4 is 5.97 Å². The van der Waals surface area contributed by atoms with Crippen LogP contribution in [0.1, 0.15) is 36.7 Å². The summed E-state index contributed by atoms with van der Waals surface area (Å²) in [6.07, 6.45) is 2.55. The van der Waals surface area contributed by atoms with Crippen molar-refractivity contribution in [2.45, 2.75) is 39.3 Å². The summed E-state index contributed by atoms with van der Waals surface area (Å²) >= 11 is 0. The molecular weight excluding hydrogens is 510 g/mol. The average Bonchev–Trinajstić information content (AvgIpc) is 3.61. The topological polar surface area (TPSA) is 141 Å². The third-order valence-electron chi connectivity index (χ3n) is 6.52. The molecular formula is C29H29N7O4. The first-order valence-corrected chi connectivity index (χ1v) is 13.0. The first-order valence-electron chi connectivity index (χ1n) is 13.0. The fraction of sp³-hybridized carbons (Fsp3) is 0.241. The Morgan fingerprint density at radius 1 is 0.975 bits per heavy atom. The van der Waals surface area contributed by atoms with Crippen molar-refractivity contribution in [3.8, 4) is 28.3 Å². The lowest BCUT2D eigenvalue weighted by atomic mass is 9.98. The highest BCUT2D eigenvalue weighted by molar-refractivity contribution is 5.80. The molecule has 0 aliphatic carbocycles. The number of unbranched alkanes of at least 4 members (excludes halogenated alkanes) is 1. The summed E-state index contributed by atoms with van der Waals surface area (Å²) in [5.41, 5.74) is 4.26. The quantitative estimate of drug-likeness (QED) is 0.244. The number of aromatic nitrogens is 7. The molecule has 0 atom stereocenters. The second-order valence-electron chi connectivity index (χ2n) is 9.31. The van der Waals surface area contributed by atoms with Gasteiger partial charge in [0.25, 0.3) is 0 Å². The summed E-state index contributed by atoms with van der Waals surface area (Å²) in [5.74, 6) is 0.581. The Morgan fingerprint density at radius 2 is 1.73 bits per heavy atom. The van der Waals surface area contributed by atoms with E-state index in [4.69, 9.17) is 9.84 Å². The second kappa shape index (κ2) is 12.2. The Morgan fingerprint density at radius 3 is 2.45 bits per heavy atom. The van der Waals surface area contributed by atoms with Crippen molar-refractivity contribution < 1.29 is 14.6 Å². The first-order chi connectivity index (χ1) is 19.5. The summed E-state index contributed by atoms with van der Waals surface area (Å²) in [7, 11) is 0. The van der Waals surface area contributed by atoms with Gasteiger partial charge in [-0.3, -0.25) is 4.57 Å². The molecule has 204 valence electrons. The summed E-state index contributed by atoms with van der Waals surface area (Å²) in [6, 6.07) is 23.0. The van der Waals surface area contributed by atoms with Crippen LogP contribution in [-0.4, -0.2) is 52.7 Å². The smallest absolute Gasteiger partial charge is 0.346 e. The molecule has 0 saturated carbocycles. The fourth-order valence-electron chi connectivity index (χ4n) is 4.52. The van der Waals surface area contributed by atoms with Crippen LogP contribution in [0.4, 0.5) is 0 Å². The van der Waals surface area contributed by atoms with E-state index >= 15 is 0 Å². The molecule has 3 aromatic carbocycles. The molecule has 0 radical (unpaired) electrons. The van der Waals surface area contributed by atoms with E-state index in [1.54, 1.807) is 22.8 Å². The number of tetrazole rings is 1. The van der Waals surface area contributed by atoms with Gasteiger partial charge in [0.2, 0.25) is 5.82 Å². The lowest BCUT2D eigenvalue weighted by molar-refractivity contribution is -0.139. The molecule has 2 N–H and O–H groups in total. The number of ether oxygens (including phenoxy) is 1. The van der Waals surface area contributed by atoms with Crippen LogP contribution < -0.4 is 10.4 Å². The molecule has 2 heterocycles. The van der Waals surface area contributed by atoms with Gasteiger partial charge < -0.3 is 9.84 Å². The largest absolute Gasteiger partial charge is 0.482 e. The van der Waals surface area contributed by atoms with Gasteiger partial charge in [-0.05, 0) is 34.4 Å². The minimum Gasteiger partial charge on any atom is -0.482 e. The number of hydrogen-bond donors (Lipinski definition) is 2. The molecule has 11 heteroatoms. The predicted octanol–water partition coefficient (Wildman–Crippen LogP) is 3.79. The van der Waals surface area contributed by atoms with Gasteiger partial charge in [-0.2, -0.15) is 10.3 Å². The van der Waals surface area contributed by atoms with E-state index in [2.05, 4.69) is 32.6 Å². The van der Waals surface area contributed by atoms with Gasteiger partial charge in [-0.15, -0.1) is 10.2 Å². The third-order valence-corrected chi connectivity index (χ3v) is 6.52. The number of nitrogens with zero attached hydrogens (tertiary/aromatic N) is 6. The van der Waals surface area contributed by atoms with E-state index in [1.807, 2.05) is 54.6 Å². The molecule has 0 unspecified atom stereocenters. The molecule has 40 heavy (non-hydrogen) atoms. The molecule has 0 bridgehead atoms. The Labute approximate surface area is 230 Å². The molecule has 0 spiro atoms. The van der Waals surface area contributed by atoms with Gasteiger partial charge in [0.05, 0.1) is 13.1 Å². The number of aromatic amines is 1. The minimum absolute atomic E-state index is 0.173. The fourth-order valence-corrected chi connectivity index (χ4v) is 4.52. The zero-order chi connectivity index (χ0) is 27.9. The van der Waals surface area contributed by atoms with Crippen LogP contribution in [0.15, 0.2) is 77.6 Å². The van der Waals surface area contributed by atoms with E-state index in [1.165, 1.54) is 4.68 Å². The summed E-state index contributed by atoms with van der Waals surface area (Å²) < 4.78 is 8.55. The molecule has 0 aliphatic heterocycles.